The summed E-state index contributed by atoms with van der Waals surface area (Å²) in [5, 5.41) is 0. The van der Waals surface area contributed by atoms with Gasteiger partial charge >= 0.3 is 7.12 Å². The van der Waals surface area contributed by atoms with E-state index in [-0.39, 0.29) is 30.2 Å². The molecule has 1 aliphatic heterocycles. The first-order valence-electron chi connectivity index (χ1n) is 12.0. The van der Waals surface area contributed by atoms with Gasteiger partial charge < -0.3 is 9.31 Å². The van der Waals surface area contributed by atoms with Crippen LogP contribution in [0.5, 0.6) is 0 Å². The van der Waals surface area contributed by atoms with Crippen LogP contribution in [0.3, 0.4) is 0 Å². The van der Waals surface area contributed by atoms with E-state index >= 15 is 0 Å². The van der Waals surface area contributed by atoms with E-state index in [0.29, 0.717) is 0 Å². The molecular weight excluding hydrogens is 405 g/mol. The molecule has 4 heteroatoms. The molecule has 0 bridgehead atoms. The van der Waals surface area contributed by atoms with Crippen molar-refractivity contribution in [3.63, 3.8) is 0 Å². The molecule has 0 radical (unpaired) electrons. The van der Waals surface area contributed by atoms with Crippen molar-refractivity contribution in [3.05, 3.63) is 108 Å². The fourth-order valence-corrected chi connectivity index (χ4v) is 4.64. The lowest BCUT2D eigenvalue weighted by molar-refractivity contribution is 0.00578. The van der Waals surface area contributed by atoms with Crippen LogP contribution in [0.2, 0.25) is 5.82 Å². The number of hydrogen-bond acceptors (Lipinski definition) is 3. The Morgan fingerprint density at radius 1 is 0.667 bits per heavy atom. The molecule has 2 atom stereocenters. The van der Waals surface area contributed by atoms with E-state index in [4.69, 9.17) is 9.31 Å². The Morgan fingerprint density at radius 3 is 1.48 bits per heavy atom. The third-order valence-electron chi connectivity index (χ3n) is 7.19. The summed E-state index contributed by atoms with van der Waals surface area (Å²) in [5.41, 5.74) is 3.19. The molecule has 1 fully saturated rings. The zero-order valence-electron chi connectivity index (χ0n) is 20.6. The van der Waals surface area contributed by atoms with Crippen LogP contribution in [0.15, 0.2) is 91.0 Å². The van der Waals surface area contributed by atoms with E-state index in [9.17, 15) is 0 Å². The van der Waals surface area contributed by atoms with Crippen molar-refractivity contribution in [3.8, 4) is 0 Å². The van der Waals surface area contributed by atoms with Crippen LogP contribution in [0, 0.1) is 0 Å². The van der Waals surface area contributed by atoms with E-state index in [2.05, 4.69) is 131 Å². The number of nitrogens with zero attached hydrogens (tertiary/aromatic N) is 1. The summed E-state index contributed by atoms with van der Waals surface area (Å²) in [6.45, 7) is 12.5. The molecule has 4 rings (SSSR count). The van der Waals surface area contributed by atoms with Gasteiger partial charge in [-0.2, -0.15) is 0 Å². The third-order valence-corrected chi connectivity index (χ3v) is 7.19. The molecule has 3 aromatic carbocycles. The van der Waals surface area contributed by atoms with Crippen LogP contribution in [0.4, 0.5) is 0 Å². The minimum Gasteiger partial charge on any atom is -0.403 e. The summed E-state index contributed by atoms with van der Waals surface area (Å²) in [7, 11) is -0.283. The lowest BCUT2D eigenvalue weighted by Crippen LogP contribution is -2.41. The second kappa shape index (κ2) is 9.84. The molecule has 33 heavy (non-hydrogen) atoms. The Morgan fingerprint density at radius 2 is 1.06 bits per heavy atom. The molecule has 0 saturated carbocycles. The Balaban J connectivity index is 1.72. The van der Waals surface area contributed by atoms with Crippen molar-refractivity contribution in [1.29, 1.82) is 0 Å². The van der Waals surface area contributed by atoms with Gasteiger partial charge in [-0.25, -0.2) is 0 Å². The quantitative estimate of drug-likeness (QED) is 0.355. The topological polar surface area (TPSA) is 21.7 Å². The highest BCUT2D eigenvalue weighted by atomic mass is 16.7. The van der Waals surface area contributed by atoms with Gasteiger partial charge in [0.15, 0.2) is 0 Å². The molecule has 0 amide bonds. The molecule has 0 unspecified atom stereocenters. The Labute approximate surface area is 199 Å². The van der Waals surface area contributed by atoms with E-state index < -0.39 is 0 Å². The monoisotopic (exact) mass is 441 g/mol. The molecule has 1 aliphatic rings. The van der Waals surface area contributed by atoms with Crippen molar-refractivity contribution in [2.24, 2.45) is 0 Å². The SMILES string of the molecule is C[C@H](B1OC(C)(C)C(C)(C)O1)[C@H](c1ccccc1)N(Cc1ccccc1)Cc1ccccc1. The molecule has 1 saturated heterocycles. The second-order valence-corrected chi connectivity index (χ2v) is 10.2. The normalized spacial score (nSPS) is 18.9. The summed E-state index contributed by atoms with van der Waals surface area (Å²) in [6.07, 6.45) is 0. The minimum atomic E-state index is -0.350. The maximum atomic E-state index is 6.53. The molecule has 0 aromatic heterocycles. The fraction of sp³-hybridized carbons (Fsp3) is 0.379. The molecule has 172 valence electrons. The van der Waals surface area contributed by atoms with Gasteiger partial charge in [0.05, 0.1) is 11.2 Å². The molecule has 3 nitrogen and oxygen atoms in total. The first-order valence-corrected chi connectivity index (χ1v) is 12.0. The molecule has 0 spiro atoms. The van der Waals surface area contributed by atoms with Gasteiger partial charge in [0, 0.05) is 24.9 Å². The van der Waals surface area contributed by atoms with Crippen LogP contribution >= 0.6 is 0 Å². The van der Waals surface area contributed by atoms with Crippen LogP contribution < -0.4 is 0 Å². The van der Waals surface area contributed by atoms with E-state index in [1.54, 1.807) is 0 Å². The molecule has 3 aromatic rings. The van der Waals surface area contributed by atoms with E-state index in [1.807, 2.05) is 0 Å². The van der Waals surface area contributed by atoms with E-state index in [0.717, 1.165) is 13.1 Å². The predicted octanol–water partition coefficient (Wildman–Crippen LogP) is 6.91. The van der Waals surface area contributed by atoms with Gasteiger partial charge in [0.1, 0.15) is 0 Å². The summed E-state index contributed by atoms with van der Waals surface area (Å²) in [4.78, 5) is 2.57. The van der Waals surface area contributed by atoms with Crippen molar-refractivity contribution in [2.45, 2.75) is 70.8 Å². The highest BCUT2D eigenvalue weighted by Crippen LogP contribution is 2.45. The van der Waals surface area contributed by atoms with Crippen molar-refractivity contribution < 1.29 is 9.31 Å². The maximum Gasteiger partial charge on any atom is 0.462 e. The van der Waals surface area contributed by atoms with Crippen molar-refractivity contribution in [1.82, 2.24) is 4.90 Å². The third kappa shape index (κ3) is 5.41. The first-order chi connectivity index (χ1) is 15.8. The smallest absolute Gasteiger partial charge is 0.403 e. The highest BCUT2D eigenvalue weighted by molar-refractivity contribution is 6.47. The Kier molecular flexibility index (Phi) is 7.09. The number of benzene rings is 3. The average Bonchev–Trinajstić information content (AvgIpc) is 3.03. The minimum absolute atomic E-state index is 0.126. The standard InChI is InChI=1S/C29H36BNO2/c1-23(30-32-28(2,3)29(4,5)33-30)27(26-19-13-8-14-20-26)31(21-24-15-9-6-10-16-24)22-25-17-11-7-12-18-25/h6-20,23,27H,21-22H2,1-5H3/t23-,27+/m0/s1. The Hall–Kier alpha value is -2.40. The summed E-state index contributed by atoms with van der Waals surface area (Å²) in [6, 6.07) is 32.4. The number of rotatable bonds is 8. The van der Waals surface area contributed by atoms with Gasteiger partial charge in [0.2, 0.25) is 0 Å². The van der Waals surface area contributed by atoms with Gasteiger partial charge in [-0.05, 0) is 44.4 Å². The average molecular weight is 441 g/mol. The zero-order valence-corrected chi connectivity index (χ0v) is 20.6. The highest BCUT2D eigenvalue weighted by Gasteiger charge is 2.54. The molecule has 0 aliphatic carbocycles. The molecule has 1 heterocycles. The summed E-state index contributed by atoms with van der Waals surface area (Å²) in [5.74, 6) is 0.126. The van der Waals surface area contributed by atoms with Gasteiger partial charge in [-0.15, -0.1) is 0 Å². The maximum absolute atomic E-state index is 6.53. The lowest BCUT2D eigenvalue weighted by atomic mass is 9.66. The van der Waals surface area contributed by atoms with Crippen LogP contribution in [-0.4, -0.2) is 23.2 Å². The summed E-state index contributed by atoms with van der Waals surface area (Å²) >= 11 is 0. The molecular formula is C29H36BNO2. The van der Waals surface area contributed by atoms with Gasteiger partial charge in [-0.1, -0.05) is 97.9 Å². The van der Waals surface area contributed by atoms with Gasteiger partial charge in [-0.3, -0.25) is 4.90 Å². The van der Waals surface area contributed by atoms with Crippen LogP contribution in [0.25, 0.3) is 0 Å². The lowest BCUT2D eigenvalue weighted by Gasteiger charge is -2.37. The van der Waals surface area contributed by atoms with Crippen molar-refractivity contribution in [2.75, 3.05) is 0 Å². The van der Waals surface area contributed by atoms with Crippen LogP contribution in [-0.2, 0) is 22.4 Å². The van der Waals surface area contributed by atoms with E-state index in [1.165, 1.54) is 16.7 Å². The summed E-state index contributed by atoms with van der Waals surface area (Å²) < 4.78 is 13.1. The Bertz CT molecular complexity index is 950. The van der Waals surface area contributed by atoms with Gasteiger partial charge in [0.25, 0.3) is 0 Å². The fourth-order valence-electron chi connectivity index (χ4n) is 4.64. The largest absolute Gasteiger partial charge is 0.462 e. The van der Waals surface area contributed by atoms with Crippen LogP contribution in [0.1, 0.15) is 57.4 Å². The number of hydrogen-bond donors (Lipinski definition) is 0. The van der Waals surface area contributed by atoms with Crippen molar-refractivity contribution >= 4 is 7.12 Å². The second-order valence-electron chi connectivity index (χ2n) is 10.2. The predicted molar refractivity (Wildman–Crippen MR) is 137 cm³/mol. The molecule has 0 N–H and O–H groups in total. The first kappa shape index (κ1) is 23.8. The zero-order chi connectivity index (χ0) is 23.5.